The van der Waals surface area contributed by atoms with Gasteiger partial charge >= 0.3 is 5.97 Å². The number of aliphatic hydroxyl groups excluding tert-OH is 4. The quantitative estimate of drug-likeness (QED) is 0.0580. The maximum absolute atomic E-state index is 15.3. The van der Waals surface area contributed by atoms with E-state index in [2.05, 4.69) is 81.1 Å². The Labute approximate surface area is 416 Å². The first-order chi connectivity index (χ1) is 32.6. The molecule has 0 radical (unpaired) electrons. The van der Waals surface area contributed by atoms with Crippen LogP contribution in [0, 0.1) is 50.2 Å². The van der Waals surface area contributed by atoms with Crippen LogP contribution in [0.1, 0.15) is 172 Å². The minimum atomic E-state index is -1.67. The van der Waals surface area contributed by atoms with Crippen LogP contribution in [-0.2, 0) is 28.8 Å². The van der Waals surface area contributed by atoms with Gasteiger partial charge in [-0.1, -0.05) is 79.9 Å². The number of allylic oxidation sites excluding steroid dienone is 2. The van der Waals surface area contributed by atoms with Gasteiger partial charge in [-0.2, -0.15) is 0 Å². The SMILES string of the molecule is CCCC[C@H](NC(=O)[C@@H](NC(=O)[C@@H](NC(=O)[C@H](CCCCN)NC(=O)[C@]12CCC(C)(C)CC1C1=CCC3[C@@]4(C)CC[C@H](O)C(C)(C)C4CC[C@@]3(C)[C@]1(C)CC2)[C@@H](C)O)[C@@H](C)O)C(=O)N[C@@H](CO)C(=O)O. The van der Waals surface area contributed by atoms with E-state index < -0.39 is 84.0 Å². The third-order valence-corrected chi connectivity index (χ3v) is 19.0. The molecule has 0 spiro atoms. The van der Waals surface area contributed by atoms with Crippen molar-refractivity contribution in [2.24, 2.45) is 56.0 Å². The Kier molecular flexibility index (Phi) is 18.2. The first kappa shape index (κ1) is 57.3. The largest absolute Gasteiger partial charge is 0.480 e. The van der Waals surface area contributed by atoms with Crippen LogP contribution in [0.5, 0.6) is 0 Å². The summed E-state index contributed by atoms with van der Waals surface area (Å²) in [5.41, 5.74) is 6.16. The average Bonchev–Trinajstić information content (AvgIpc) is 3.28. The highest BCUT2D eigenvalue weighted by Crippen LogP contribution is 2.75. The maximum atomic E-state index is 15.3. The molecule has 4 fully saturated rings. The number of aliphatic carboxylic acids is 1. The smallest absolute Gasteiger partial charge is 0.328 e. The molecule has 0 aromatic heterocycles. The number of aliphatic hydroxyl groups is 4. The molecule has 5 amide bonds. The second-order valence-electron chi connectivity index (χ2n) is 24.3. The van der Waals surface area contributed by atoms with Gasteiger partial charge in [0.05, 0.1) is 30.3 Å². The molecule has 5 rings (SSSR count). The van der Waals surface area contributed by atoms with Gasteiger partial charge in [0.1, 0.15) is 30.2 Å². The lowest BCUT2D eigenvalue weighted by Crippen LogP contribution is -2.66. The molecule has 0 heterocycles. The fraction of sp³-hybridized carbons (Fsp3) is 0.849. The molecule has 5 aliphatic rings. The highest BCUT2D eigenvalue weighted by atomic mass is 16.4. The van der Waals surface area contributed by atoms with E-state index in [1.165, 1.54) is 19.4 Å². The van der Waals surface area contributed by atoms with Crippen molar-refractivity contribution in [3.8, 4) is 0 Å². The number of hydrogen-bond acceptors (Lipinski definition) is 11. The first-order valence-corrected chi connectivity index (χ1v) is 26.4. The molecular formula is C53H90N6O11. The van der Waals surface area contributed by atoms with Crippen molar-refractivity contribution in [1.29, 1.82) is 0 Å². The molecule has 0 aromatic rings. The molecule has 0 saturated heterocycles. The summed E-state index contributed by atoms with van der Waals surface area (Å²) in [4.78, 5) is 81.9. The van der Waals surface area contributed by atoms with Crippen LogP contribution in [0.4, 0.5) is 0 Å². The summed E-state index contributed by atoms with van der Waals surface area (Å²) in [5.74, 6) is -4.49. The van der Waals surface area contributed by atoms with Crippen molar-refractivity contribution in [3.63, 3.8) is 0 Å². The number of nitrogens with one attached hydrogen (secondary N) is 5. The van der Waals surface area contributed by atoms with Gasteiger partial charge in [0, 0.05) is 0 Å². The maximum Gasteiger partial charge on any atom is 0.328 e. The standard InChI is InChI=1S/C53H90N6O11/c1-11-12-15-34(42(64)56-36(29-60)46(68)69)55-44(66)40(30(2)61)59-45(67)41(31(3)62)58-43(65)35(16-13-14-27-54)57-47(70)53-25-23-48(4,5)28-33(53)32-17-18-38-50(8)21-20-39(63)49(6,7)37(50)19-22-52(38,10)51(32,9)24-26-53/h17,30-31,33-41,60-63H,11-16,18-29,54H2,1-10H3,(H,55,66)(H,56,64)(H,57,70)(H,58,65)(H,59,67)(H,68,69)/t30-,31-,33?,34+,35+,36+,37?,38?,39+,40+,41+,50+,51-,52-,53+/m1/s1. The second kappa shape index (κ2) is 22.2. The summed E-state index contributed by atoms with van der Waals surface area (Å²) in [5, 5.41) is 64.5. The Morgan fingerprint density at radius 1 is 0.700 bits per heavy atom. The zero-order valence-electron chi connectivity index (χ0n) is 43.9. The summed E-state index contributed by atoms with van der Waals surface area (Å²) in [6.07, 6.45) is 10.2. The summed E-state index contributed by atoms with van der Waals surface area (Å²) in [6, 6.07) is -7.32. The molecule has 3 unspecified atom stereocenters. The first-order valence-electron chi connectivity index (χ1n) is 26.4. The minimum absolute atomic E-state index is 0.0169. The fourth-order valence-electron chi connectivity index (χ4n) is 14.4. The lowest BCUT2D eigenvalue weighted by Gasteiger charge is -2.71. The number of carboxylic acid groups (broad SMARTS) is 1. The van der Waals surface area contributed by atoms with Crippen LogP contribution in [0.15, 0.2) is 11.6 Å². The number of unbranched alkanes of at least 4 members (excludes halogenated alkanes) is 2. The number of fused-ring (bicyclic) bond motifs is 7. The van der Waals surface area contributed by atoms with Gasteiger partial charge in [0.15, 0.2) is 0 Å². The van der Waals surface area contributed by atoms with Gasteiger partial charge in [-0.15, -0.1) is 0 Å². The monoisotopic (exact) mass is 987 g/mol. The predicted octanol–water partition coefficient (Wildman–Crippen LogP) is 3.73. The zero-order valence-corrected chi connectivity index (χ0v) is 43.9. The summed E-state index contributed by atoms with van der Waals surface area (Å²) in [7, 11) is 0. The third-order valence-electron chi connectivity index (χ3n) is 19.0. The summed E-state index contributed by atoms with van der Waals surface area (Å²) < 4.78 is 0. The van der Waals surface area contributed by atoms with Crippen LogP contribution in [-0.4, -0.2) is 123 Å². The molecule has 398 valence electrons. The molecule has 4 saturated carbocycles. The molecule has 70 heavy (non-hydrogen) atoms. The van der Waals surface area contributed by atoms with E-state index in [-0.39, 0.29) is 57.8 Å². The van der Waals surface area contributed by atoms with Crippen molar-refractivity contribution >= 4 is 35.5 Å². The normalized spacial score (nSPS) is 33.8. The predicted molar refractivity (Wildman–Crippen MR) is 265 cm³/mol. The second-order valence-corrected chi connectivity index (χ2v) is 24.3. The zero-order chi connectivity index (χ0) is 52.4. The van der Waals surface area contributed by atoms with Gasteiger partial charge in [0.2, 0.25) is 29.5 Å². The van der Waals surface area contributed by atoms with Crippen molar-refractivity contribution < 1.29 is 54.3 Å². The van der Waals surface area contributed by atoms with Crippen LogP contribution in [0.2, 0.25) is 0 Å². The van der Waals surface area contributed by atoms with E-state index in [1.807, 2.05) is 6.92 Å². The molecule has 0 aromatic carbocycles. The summed E-state index contributed by atoms with van der Waals surface area (Å²) in [6.45, 7) is 20.3. The number of carbonyl (C=O) groups is 6. The Bertz CT molecular complexity index is 1960. The lowest BCUT2D eigenvalue weighted by atomic mass is 9.33. The Hall–Kier alpha value is -3.64. The van der Waals surface area contributed by atoms with E-state index in [1.54, 1.807) is 0 Å². The van der Waals surface area contributed by atoms with Crippen molar-refractivity contribution in [2.75, 3.05) is 13.2 Å². The van der Waals surface area contributed by atoms with Crippen LogP contribution in [0.3, 0.4) is 0 Å². The van der Waals surface area contributed by atoms with Crippen molar-refractivity contribution in [1.82, 2.24) is 26.6 Å². The number of nitrogens with two attached hydrogens (primary N) is 1. The van der Waals surface area contributed by atoms with E-state index >= 15 is 4.79 Å². The number of carboxylic acids is 1. The Morgan fingerprint density at radius 2 is 1.26 bits per heavy atom. The number of hydrogen-bond donors (Lipinski definition) is 11. The molecule has 0 aliphatic heterocycles. The van der Waals surface area contributed by atoms with Gasteiger partial charge in [-0.3, -0.25) is 24.0 Å². The highest BCUT2D eigenvalue weighted by Gasteiger charge is 2.69. The summed E-state index contributed by atoms with van der Waals surface area (Å²) >= 11 is 0. The molecule has 0 bridgehead atoms. The molecule has 17 heteroatoms. The molecule has 12 N–H and O–H groups in total. The highest BCUT2D eigenvalue weighted by molar-refractivity contribution is 5.97. The molecule has 15 atom stereocenters. The van der Waals surface area contributed by atoms with E-state index in [0.29, 0.717) is 56.9 Å². The topological polar surface area (TPSA) is 290 Å². The van der Waals surface area contributed by atoms with Crippen LogP contribution in [0.25, 0.3) is 0 Å². The Balaban J connectivity index is 1.38. The Morgan fingerprint density at radius 3 is 1.84 bits per heavy atom. The van der Waals surface area contributed by atoms with Gasteiger partial charge in [-0.25, -0.2) is 4.79 Å². The van der Waals surface area contributed by atoms with Crippen LogP contribution >= 0.6 is 0 Å². The lowest BCUT2D eigenvalue weighted by molar-refractivity contribution is -0.203. The van der Waals surface area contributed by atoms with Gasteiger partial charge < -0.3 is 57.9 Å². The number of carbonyl (C=O) groups excluding carboxylic acids is 5. The van der Waals surface area contributed by atoms with E-state index in [0.717, 1.165) is 51.4 Å². The molecule has 5 aliphatic carbocycles. The molecular weight excluding hydrogens is 897 g/mol. The van der Waals surface area contributed by atoms with E-state index in [9.17, 15) is 49.5 Å². The van der Waals surface area contributed by atoms with E-state index in [4.69, 9.17) is 5.73 Å². The fourth-order valence-corrected chi connectivity index (χ4v) is 14.4. The number of rotatable bonds is 21. The number of amides is 5. The molecule has 17 nitrogen and oxygen atoms in total. The van der Waals surface area contributed by atoms with Gasteiger partial charge in [0.25, 0.3) is 0 Å². The average molecular weight is 987 g/mol. The van der Waals surface area contributed by atoms with Gasteiger partial charge in [-0.05, 0) is 155 Å². The van der Waals surface area contributed by atoms with Crippen molar-refractivity contribution in [3.05, 3.63) is 11.6 Å². The van der Waals surface area contributed by atoms with Crippen LogP contribution < -0.4 is 32.3 Å². The van der Waals surface area contributed by atoms with Crippen molar-refractivity contribution in [2.45, 2.75) is 220 Å². The minimum Gasteiger partial charge on any atom is -0.480 e. The third kappa shape index (κ3) is 11.1.